The van der Waals surface area contributed by atoms with Crippen molar-refractivity contribution in [2.45, 2.75) is 13.0 Å². The van der Waals surface area contributed by atoms with Crippen LogP contribution >= 0.6 is 0 Å². The Hall–Kier alpha value is -2.67. The van der Waals surface area contributed by atoms with Crippen molar-refractivity contribution in [2.24, 2.45) is 0 Å². The van der Waals surface area contributed by atoms with Crippen LogP contribution in [0.4, 0.5) is 10.1 Å². The molecule has 7 heteroatoms. The van der Waals surface area contributed by atoms with E-state index in [-0.39, 0.29) is 23.3 Å². The number of aryl methyl sites for hydroxylation is 1. The number of pyridine rings is 1. The summed E-state index contributed by atoms with van der Waals surface area (Å²) in [5.41, 5.74) is 8.22. The van der Waals surface area contributed by atoms with Crippen LogP contribution in [-0.4, -0.2) is 42.6 Å². The summed E-state index contributed by atoms with van der Waals surface area (Å²) in [5, 5.41) is 0. The normalized spacial score (nSPS) is 17.4. The highest BCUT2D eigenvalue weighted by atomic mass is 19.1. The number of nitrogen functional groups attached to an aromatic ring is 1. The molecule has 1 aliphatic rings. The van der Waals surface area contributed by atoms with Crippen LogP contribution in [0.25, 0.3) is 0 Å². The van der Waals surface area contributed by atoms with E-state index in [2.05, 4.69) is 4.98 Å². The maximum atomic E-state index is 13.9. The molecule has 0 saturated carbocycles. The zero-order valence-corrected chi connectivity index (χ0v) is 14.2. The molecule has 3 rings (SSSR count). The van der Waals surface area contributed by atoms with Crippen molar-refractivity contribution in [2.75, 3.05) is 32.5 Å². The van der Waals surface area contributed by atoms with Crippen molar-refractivity contribution in [1.82, 2.24) is 9.88 Å². The van der Waals surface area contributed by atoms with Crippen LogP contribution in [0.5, 0.6) is 5.75 Å². The minimum Gasteiger partial charge on any atom is -0.494 e. The van der Waals surface area contributed by atoms with Gasteiger partial charge in [0, 0.05) is 23.5 Å². The molecule has 0 spiro atoms. The monoisotopic (exact) mass is 345 g/mol. The topological polar surface area (TPSA) is 77.7 Å². The Labute approximate surface area is 145 Å². The lowest BCUT2D eigenvalue weighted by atomic mass is 10.1. The van der Waals surface area contributed by atoms with Crippen molar-refractivity contribution >= 4 is 11.6 Å². The van der Waals surface area contributed by atoms with Gasteiger partial charge in [-0.05, 0) is 37.3 Å². The number of amides is 1. The van der Waals surface area contributed by atoms with E-state index in [0.29, 0.717) is 31.1 Å². The Morgan fingerprint density at radius 2 is 2.20 bits per heavy atom. The summed E-state index contributed by atoms with van der Waals surface area (Å²) in [7, 11) is 1.38. The fourth-order valence-electron chi connectivity index (χ4n) is 2.88. The number of hydrogen-bond acceptors (Lipinski definition) is 5. The third-order valence-electron chi connectivity index (χ3n) is 4.08. The molecule has 25 heavy (non-hydrogen) atoms. The van der Waals surface area contributed by atoms with Gasteiger partial charge in [0.05, 0.1) is 26.0 Å². The van der Waals surface area contributed by atoms with Gasteiger partial charge < -0.3 is 20.1 Å². The first-order valence-electron chi connectivity index (χ1n) is 7.96. The maximum Gasteiger partial charge on any atom is 0.254 e. The largest absolute Gasteiger partial charge is 0.494 e. The van der Waals surface area contributed by atoms with Crippen molar-refractivity contribution in [3.8, 4) is 5.75 Å². The lowest BCUT2D eigenvalue weighted by Gasteiger charge is -2.33. The van der Waals surface area contributed by atoms with E-state index in [1.165, 1.54) is 19.2 Å². The number of halogens is 1. The first-order valence-corrected chi connectivity index (χ1v) is 7.96. The van der Waals surface area contributed by atoms with E-state index < -0.39 is 5.82 Å². The average molecular weight is 345 g/mol. The summed E-state index contributed by atoms with van der Waals surface area (Å²) in [6.45, 7) is 3.00. The Morgan fingerprint density at radius 3 is 2.88 bits per heavy atom. The minimum atomic E-state index is -0.564. The molecular formula is C18H20FN3O3. The number of benzene rings is 1. The number of anilines is 1. The molecule has 0 unspecified atom stereocenters. The van der Waals surface area contributed by atoms with Gasteiger partial charge in [-0.15, -0.1) is 0 Å². The third kappa shape index (κ3) is 3.71. The number of ether oxygens (including phenoxy) is 2. The van der Waals surface area contributed by atoms with E-state index in [4.69, 9.17) is 15.2 Å². The predicted molar refractivity (Wildman–Crippen MR) is 90.9 cm³/mol. The highest BCUT2D eigenvalue weighted by molar-refractivity contribution is 5.94. The Kier molecular flexibility index (Phi) is 4.85. The van der Waals surface area contributed by atoms with Gasteiger partial charge in [-0.3, -0.25) is 9.78 Å². The van der Waals surface area contributed by atoms with Gasteiger partial charge in [-0.2, -0.15) is 0 Å². The smallest absolute Gasteiger partial charge is 0.254 e. The second-order valence-corrected chi connectivity index (χ2v) is 5.93. The van der Waals surface area contributed by atoms with Crippen LogP contribution in [0.15, 0.2) is 30.3 Å². The Morgan fingerprint density at radius 1 is 1.40 bits per heavy atom. The third-order valence-corrected chi connectivity index (χ3v) is 4.08. The molecule has 1 aliphatic heterocycles. The van der Waals surface area contributed by atoms with Crippen LogP contribution in [0.2, 0.25) is 0 Å². The van der Waals surface area contributed by atoms with Crippen LogP contribution in [0.1, 0.15) is 27.8 Å². The van der Waals surface area contributed by atoms with Crippen molar-refractivity contribution in [3.63, 3.8) is 0 Å². The summed E-state index contributed by atoms with van der Waals surface area (Å²) >= 11 is 0. The highest BCUT2D eigenvalue weighted by Gasteiger charge is 2.27. The zero-order valence-electron chi connectivity index (χ0n) is 14.2. The van der Waals surface area contributed by atoms with Gasteiger partial charge in [0.15, 0.2) is 11.6 Å². The van der Waals surface area contributed by atoms with E-state index in [1.54, 1.807) is 23.1 Å². The van der Waals surface area contributed by atoms with Crippen LogP contribution in [0, 0.1) is 12.7 Å². The number of hydrogen-bond donors (Lipinski definition) is 1. The summed E-state index contributed by atoms with van der Waals surface area (Å²) in [4.78, 5) is 18.8. The minimum absolute atomic E-state index is 0.107. The van der Waals surface area contributed by atoms with Crippen LogP contribution in [0.3, 0.4) is 0 Å². The number of methoxy groups -OCH3 is 1. The van der Waals surface area contributed by atoms with Gasteiger partial charge >= 0.3 is 0 Å². The molecule has 132 valence electrons. The molecule has 1 amide bonds. The molecule has 1 aromatic carbocycles. The number of aromatic nitrogens is 1. The Bertz CT molecular complexity index is 777. The van der Waals surface area contributed by atoms with Crippen LogP contribution < -0.4 is 10.5 Å². The molecule has 2 N–H and O–H groups in total. The number of nitrogens with two attached hydrogens (primary N) is 1. The predicted octanol–water partition coefficient (Wildman–Crippen LogP) is 2.33. The molecule has 2 aromatic rings. The molecule has 1 saturated heterocycles. The van der Waals surface area contributed by atoms with E-state index in [1.807, 2.05) is 6.92 Å². The van der Waals surface area contributed by atoms with Crippen molar-refractivity contribution in [3.05, 3.63) is 53.1 Å². The lowest BCUT2D eigenvalue weighted by molar-refractivity contribution is -0.0247. The first kappa shape index (κ1) is 17.2. The maximum absolute atomic E-state index is 13.9. The summed E-state index contributed by atoms with van der Waals surface area (Å²) < 4.78 is 24.5. The zero-order chi connectivity index (χ0) is 18.0. The summed E-state index contributed by atoms with van der Waals surface area (Å²) in [5.74, 6) is -0.711. The number of carbonyl (C=O) groups excluding carboxylic acids is 1. The fourth-order valence-corrected chi connectivity index (χ4v) is 2.88. The molecule has 1 aromatic heterocycles. The Balaban J connectivity index is 1.78. The number of rotatable bonds is 3. The number of nitrogens with zero attached hydrogens (tertiary/aromatic N) is 2. The van der Waals surface area contributed by atoms with Gasteiger partial charge in [-0.1, -0.05) is 0 Å². The summed E-state index contributed by atoms with van der Waals surface area (Å²) in [6.07, 6.45) is -0.358. The van der Waals surface area contributed by atoms with Gasteiger partial charge in [0.2, 0.25) is 0 Å². The molecule has 1 atom stereocenters. The second kappa shape index (κ2) is 7.06. The molecule has 1 fully saturated rings. The van der Waals surface area contributed by atoms with E-state index in [9.17, 15) is 9.18 Å². The van der Waals surface area contributed by atoms with E-state index >= 15 is 0 Å². The SMILES string of the molecule is COc1ccc(C(=O)N2CCO[C@H](c3cc(N)cc(C)n3)C2)cc1F. The number of carbonyl (C=O) groups is 1. The molecular weight excluding hydrogens is 325 g/mol. The number of morpholine rings is 1. The molecule has 0 aliphatic carbocycles. The molecule has 2 heterocycles. The van der Waals surface area contributed by atoms with Gasteiger partial charge in [0.25, 0.3) is 5.91 Å². The van der Waals surface area contributed by atoms with Gasteiger partial charge in [0.1, 0.15) is 6.10 Å². The van der Waals surface area contributed by atoms with Crippen LogP contribution in [-0.2, 0) is 4.74 Å². The van der Waals surface area contributed by atoms with E-state index in [0.717, 1.165) is 5.69 Å². The summed E-state index contributed by atoms with van der Waals surface area (Å²) in [6, 6.07) is 7.71. The van der Waals surface area contributed by atoms with Gasteiger partial charge in [-0.25, -0.2) is 4.39 Å². The average Bonchev–Trinajstić information content (AvgIpc) is 2.60. The fraction of sp³-hybridized carbons (Fsp3) is 0.333. The standard InChI is InChI=1S/C18H20FN3O3/c1-11-7-13(20)9-15(21-11)17-10-22(5-6-25-17)18(23)12-3-4-16(24-2)14(19)8-12/h3-4,7-9,17H,5-6,10H2,1-2H3,(H2,20,21)/t17-/m0/s1. The molecule has 0 radical (unpaired) electrons. The lowest BCUT2D eigenvalue weighted by Crippen LogP contribution is -2.42. The second-order valence-electron chi connectivity index (χ2n) is 5.93. The van der Waals surface area contributed by atoms with Crippen molar-refractivity contribution in [1.29, 1.82) is 0 Å². The highest BCUT2D eigenvalue weighted by Crippen LogP contribution is 2.25. The first-order chi connectivity index (χ1) is 12.0. The molecule has 6 nitrogen and oxygen atoms in total. The quantitative estimate of drug-likeness (QED) is 0.924. The van der Waals surface area contributed by atoms with Crippen molar-refractivity contribution < 1.29 is 18.7 Å². The molecule has 0 bridgehead atoms.